The lowest BCUT2D eigenvalue weighted by atomic mass is 10.1. The number of likely N-dealkylation sites (N-methyl/N-ethyl adjacent to an activating group) is 1. The summed E-state index contributed by atoms with van der Waals surface area (Å²) >= 11 is 0. The van der Waals surface area contributed by atoms with E-state index in [0.29, 0.717) is 18.1 Å². The Morgan fingerprint density at radius 2 is 2.08 bits per heavy atom. The topological polar surface area (TPSA) is 119 Å². The number of nitrogens with one attached hydrogen (secondary N) is 2. The lowest BCUT2D eigenvalue weighted by Crippen LogP contribution is -2.44. The second kappa shape index (κ2) is 11.2. The molecule has 0 radical (unpaired) electrons. The zero-order valence-corrected chi connectivity index (χ0v) is 21.5. The molecule has 3 aromatic heterocycles. The summed E-state index contributed by atoms with van der Waals surface area (Å²) in [6, 6.07) is 5.82. The number of likely N-dealkylation sites (tertiary alicyclic amines) is 1. The maximum absolute atomic E-state index is 13.1. The van der Waals surface area contributed by atoms with Gasteiger partial charge in [-0.1, -0.05) is 0 Å². The van der Waals surface area contributed by atoms with Crippen molar-refractivity contribution in [1.29, 1.82) is 0 Å². The van der Waals surface area contributed by atoms with Gasteiger partial charge in [0.05, 0.1) is 18.4 Å². The summed E-state index contributed by atoms with van der Waals surface area (Å²) < 4.78 is 1.52. The summed E-state index contributed by atoms with van der Waals surface area (Å²) in [5.74, 6) is 0.697. The highest BCUT2D eigenvalue weighted by molar-refractivity contribution is 5.88. The van der Waals surface area contributed by atoms with E-state index in [1.165, 1.54) is 4.57 Å². The van der Waals surface area contributed by atoms with Crippen LogP contribution in [0.4, 0.5) is 17.2 Å². The predicted molar refractivity (Wildman–Crippen MR) is 144 cm³/mol. The minimum absolute atomic E-state index is 0.0590. The van der Waals surface area contributed by atoms with Gasteiger partial charge in [-0.25, -0.2) is 4.98 Å². The molecule has 3 atom stereocenters. The Kier molecular flexibility index (Phi) is 8.07. The van der Waals surface area contributed by atoms with Crippen molar-refractivity contribution in [2.45, 2.75) is 51.5 Å². The van der Waals surface area contributed by atoms with Crippen molar-refractivity contribution < 1.29 is 10.2 Å². The highest BCUT2D eigenvalue weighted by atomic mass is 16.3. The second-order valence-electron chi connectivity index (χ2n) is 9.59. The number of aromatic nitrogens is 3. The van der Waals surface area contributed by atoms with Gasteiger partial charge in [-0.2, -0.15) is 0 Å². The Labute approximate surface area is 211 Å². The van der Waals surface area contributed by atoms with Gasteiger partial charge in [-0.05, 0) is 44.0 Å². The maximum atomic E-state index is 13.1. The standard InChI is InChI=1S/C26H37N7O3/c1-17(18(2)31(4)24-22(27-3)7-10-33(11-12-34)26(24)36)30-25-23-20(5-8-28-25)13-19(14-29-23)15-32-9-6-21(35)16-32/h5,7-8,10,13-14,17-18,21,27,34-35H,6,9,11-12,15-16H2,1-4H3,(H,28,30)/t17?,18-,21+/m0/s1. The van der Waals surface area contributed by atoms with E-state index in [4.69, 9.17) is 4.98 Å². The number of β-amino-alcohol motifs (C(OH)–C–C–N with tert-alkyl or cyclic N) is 1. The molecule has 10 heteroatoms. The van der Waals surface area contributed by atoms with Gasteiger partial charge in [0.1, 0.15) is 11.2 Å². The van der Waals surface area contributed by atoms with Gasteiger partial charge in [0, 0.05) is 76.3 Å². The minimum atomic E-state index is -0.238. The van der Waals surface area contributed by atoms with Crippen molar-refractivity contribution >= 4 is 28.1 Å². The van der Waals surface area contributed by atoms with Crippen LogP contribution in [-0.2, 0) is 13.1 Å². The lowest BCUT2D eigenvalue weighted by molar-refractivity contribution is 0.175. The predicted octanol–water partition coefficient (Wildman–Crippen LogP) is 1.72. The molecule has 194 valence electrons. The van der Waals surface area contributed by atoms with Gasteiger partial charge < -0.3 is 30.3 Å². The number of aliphatic hydroxyl groups excluding tert-OH is 2. The van der Waals surface area contributed by atoms with Crippen molar-refractivity contribution in [1.82, 2.24) is 19.4 Å². The van der Waals surface area contributed by atoms with Crippen molar-refractivity contribution in [3.8, 4) is 0 Å². The Morgan fingerprint density at radius 1 is 1.28 bits per heavy atom. The quantitative estimate of drug-likeness (QED) is 0.333. The summed E-state index contributed by atoms with van der Waals surface area (Å²) in [6.07, 6.45) is 5.93. The van der Waals surface area contributed by atoms with E-state index >= 15 is 0 Å². The SMILES string of the molecule is CNc1ccn(CCO)c(=O)c1N(C)[C@@H](C)C(C)Nc1nccc2cc(CN3CC[C@@H](O)C3)cnc12. The molecule has 4 rings (SSSR count). The first-order valence-corrected chi connectivity index (χ1v) is 12.5. The first kappa shape index (κ1) is 25.9. The highest BCUT2D eigenvalue weighted by Gasteiger charge is 2.24. The Bertz CT molecular complexity index is 1250. The van der Waals surface area contributed by atoms with Crippen molar-refractivity contribution in [2.75, 3.05) is 49.3 Å². The first-order valence-electron chi connectivity index (χ1n) is 12.5. The van der Waals surface area contributed by atoms with Crippen LogP contribution < -0.4 is 21.1 Å². The van der Waals surface area contributed by atoms with E-state index in [2.05, 4.69) is 40.4 Å². The molecule has 0 bridgehead atoms. The number of aliphatic hydroxyl groups is 2. The zero-order valence-electron chi connectivity index (χ0n) is 21.5. The number of hydrogen-bond donors (Lipinski definition) is 4. The number of nitrogens with zero attached hydrogens (tertiary/aromatic N) is 5. The average Bonchev–Trinajstić information content (AvgIpc) is 3.28. The maximum Gasteiger partial charge on any atom is 0.276 e. The largest absolute Gasteiger partial charge is 0.395 e. The molecule has 4 N–H and O–H groups in total. The van der Waals surface area contributed by atoms with Gasteiger partial charge >= 0.3 is 0 Å². The monoisotopic (exact) mass is 495 g/mol. The van der Waals surface area contributed by atoms with Crippen LogP contribution in [-0.4, -0.2) is 81.6 Å². The van der Waals surface area contributed by atoms with E-state index in [0.717, 1.165) is 41.7 Å². The molecule has 10 nitrogen and oxygen atoms in total. The number of pyridine rings is 3. The van der Waals surface area contributed by atoms with Crippen molar-refractivity contribution in [2.24, 2.45) is 0 Å². The second-order valence-corrected chi connectivity index (χ2v) is 9.59. The molecule has 36 heavy (non-hydrogen) atoms. The van der Waals surface area contributed by atoms with E-state index < -0.39 is 0 Å². The minimum Gasteiger partial charge on any atom is -0.395 e. The van der Waals surface area contributed by atoms with Crippen LogP contribution in [0.1, 0.15) is 25.8 Å². The van der Waals surface area contributed by atoms with Crippen LogP contribution in [0, 0.1) is 0 Å². The van der Waals surface area contributed by atoms with Crippen molar-refractivity contribution in [3.05, 3.63) is 52.7 Å². The molecule has 0 aliphatic carbocycles. The Balaban J connectivity index is 1.53. The average molecular weight is 496 g/mol. The third kappa shape index (κ3) is 5.45. The van der Waals surface area contributed by atoms with Crippen LogP contribution in [0.25, 0.3) is 10.9 Å². The van der Waals surface area contributed by atoms with Crippen LogP contribution in [0.3, 0.4) is 0 Å². The number of fused-ring (bicyclic) bond motifs is 1. The van der Waals surface area contributed by atoms with Gasteiger partial charge in [-0.3, -0.25) is 14.7 Å². The van der Waals surface area contributed by atoms with Crippen LogP contribution in [0.5, 0.6) is 0 Å². The molecule has 1 fully saturated rings. The summed E-state index contributed by atoms with van der Waals surface area (Å²) in [5, 5.41) is 26.7. The molecule has 0 spiro atoms. The fourth-order valence-corrected chi connectivity index (χ4v) is 4.78. The lowest BCUT2D eigenvalue weighted by Gasteiger charge is -2.33. The fraction of sp³-hybridized carbons (Fsp3) is 0.500. The molecular formula is C26H37N7O3. The van der Waals surface area contributed by atoms with Crippen molar-refractivity contribution in [3.63, 3.8) is 0 Å². The summed E-state index contributed by atoms with van der Waals surface area (Å²) in [7, 11) is 3.70. The van der Waals surface area contributed by atoms with E-state index in [9.17, 15) is 15.0 Å². The third-order valence-corrected chi connectivity index (χ3v) is 7.11. The van der Waals surface area contributed by atoms with Gasteiger partial charge in [-0.15, -0.1) is 0 Å². The van der Waals surface area contributed by atoms with Crippen LogP contribution >= 0.6 is 0 Å². The van der Waals surface area contributed by atoms with Gasteiger partial charge in [0.25, 0.3) is 5.56 Å². The summed E-state index contributed by atoms with van der Waals surface area (Å²) in [5.41, 5.74) is 3.04. The molecule has 1 aliphatic rings. The van der Waals surface area contributed by atoms with E-state index in [1.807, 2.05) is 30.3 Å². The number of rotatable bonds is 10. The highest BCUT2D eigenvalue weighted by Crippen LogP contribution is 2.26. The van der Waals surface area contributed by atoms with Crippen LogP contribution in [0.2, 0.25) is 0 Å². The normalized spacial score (nSPS) is 17.8. The smallest absolute Gasteiger partial charge is 0.276 e. The molecule has 4 heterocycles. The summed E-state index contributed by atoms with van der Waals surface area (Å²) in [6.45, 7) is 6.62. The molecule has 0 aromatic carbocycles. The number of hydrogen-bond acceptors (Lipinski definition) is 9. The van der Waals surface area contributed by atoms with Crippen LogP contribution in [0.15, 0.2) is 41.6 Å². The summed E-state index contributed by atoms with van der Waals surface area (Å²) in [4.78, 5) is 26.6. The first-order chi connectivity index (χ1) is 17.3. The molecule has 0 amide bonds. The molecular weight excluding hydrogens is 458 g/mol. The van der Waals surface area contributed by atoms with Gasteiger partial charge in [0.2, 0.25) is 0 Å². The number of anilines is 3. The molecule has 1 aliphatic heterocycles. The van der Waals surface area contributed by atoms with E-state index in [1.54, 1.807) is 19.4 Å². The van der Waals surface area contributed by atoms with E-state index in [-0.39, 0.29) is 36.9 Å². The Hall–Kier alpha value is -3.21. The molecule has 1 unspecified atom stereocenters. The Morgan fingerprint density at radius 3 is 2.78 bits per heavy atom. The molecule has 3 aromatic rings. The molecule has 1 saturated heterocycles. The molecule has 0 saturated carbocycles. The third-order valence-electron chi connectivity index (χ3n) is 7.11. The zero-order chi connectivity index (χ0) is 25.8. The van der Waals surface area contributed by atoms with Gasteiger partial charge in [0.15, 0.2) is 5.82 Å². The fourth-order valence-electron chi connectivity index (χ4n) is 4.78.